The molecule has 0 amide bonds. The molecular weight excluding hydrogens is 296 g/mol. The highest BCUT2D eigenvalue weighted by molar-refractivity contribution is 5.76. The third-order valence-electron chi connectivity index (χ3n) is 4.91. The Bertz CT molecular complexity index is 813. The van der Waals surface area contributed by atoms with Gasteiger partial charge in [-0.2, -0.15) is 0 Å². The maximum atomic E-state index is 5.80. The monoisotopic (exact) mass is 320 g/mol. The zero-order valence-electron chi connectivity index (χ0n) is 14.0. The number of rotatable bonds is 5. The zero-order chi connectivity index (χ0) is 16.4. The molecular formula is C20H24N4. The number of anilines is 1. The van der Waals surface area contributed by atoms with Gasteiger partial charge in [0.1, 0.15) is 5.82 Å². The summed E-state index contributed by atoms with van der Waals surface area (Å²) in [6, 6.07) is 16.6. The molecule has 1 aliphatic heterocycles. The lowest BCUT2D eigenvalue weighted by Crippen LogP contribution is -2.24. The SMILES string of the molecule is Nc1ccc(Cc2nc3ccccc3n2CCN2CCCC2)cc1. The fraction of sp³-hybridized carbons (Fsp3) is 0.350. The van der Waals surface area contributed by atoms with Crippen molar-refractivity contribution in [1.29, 1.82) is 0 Å². The first kappa shape index (κ1) is 15.2. The van der Waals surface area contributed by atoms with E-state index in [1.54, 1.807) is 0 Å². The number of hydrogen-bond donors (Lipinski definition) is 1. The molecule has 0 aliphatic carbocycles. The lowest BCUT2D eigenvalue weighted by atomic mass is 10.1. The standard InChI is InChI=1S/C20H24N4/c21-17-9-7-16(8-10-17)15-20-22-18-5-1-2-6-19(18)24(20)14-13-23-11-3-4-12-23/h1-2,5-10H,3-4,11-15,21H2. The van der Waals surface area contributed by atoms with E-state index in [1.807, 2.05) is 12.1 Å². The van der Waals surface area contributed by atoms with Crippen LogP contribution in [0.15, 0.2) is 48.5 Å². The quantitative estimate of drug-likeness (QED) is 0.734. The number of fused-ring (bicyclic) bond motifs is 1. The van der Waals surface area contributed by atoms with E-state index in [0.717, 1.165) is 36.5 Å². The van der Waals surface area contributed by atoms with Gasteiger partial charge in [-0.25, -0.2) is 4.98 Å². The Morgan fingerprint density at radius 3 is 2.46 bits per heavy atom. The number of nitrogen functional groups attached to an aromatic ring is 1. The highest BCUT2D eigenvalue weighted by Crippen LogP contribution is 2.20. The van der Waals surface area contributed by atoms with Gasteiger partial charge < -0.3 is 15.2 Å². The van der Waals surface area contributed by atoms with Gasteiger partial charge in [-0.15, -0.1) is 0 Å². The van der Waals surface area contributed by atoms with Crippen LogP contribution in [0.2, 0.25) is 0 Å². The van der Waals surface area contributed by atoms with Gasteiger partial charge in [0.05, 0.1) is 11.0 Å². The van der Waals surface area contributed by atoms with Gasteiger partial charge >= 0.3 is 0 Å². The van der Waals surface area contributed by atoms with Crippen LogP contribution in [0.1, 0.15) is 24.2 Å². The van der Waals surface area contributed by atoms with Crippen molar-refractivity contribution in [3.8, 4) is 0 Å². The van der Waals surface area contributed by atoms with Crippen molar-refractivity contribution in [1.82, 2.24) is 14.5 Å². The third kappa shape index (κ3) is 3.15. The number of hydrogen-bond acceptors (Lipinski definition) is 3. The average molecular weight is 320 g/mol. The van der Waals surface area contributed by atoms with Gasteiger partial charge in [-0.3, -0.25) is 0 Å². The molecule has 4 nitrogen and oxygen atoms in total. The fourth-order valence-electron chi connectivity index (χ4n) is 3.58. The third-order valence-corrected chi connectivity index (χ3v) is 4.91. The van der Waals surface area contributed by atoms with Gasteiger partial charge in [0.15, 0.2) is 0 Å². The maximum Gasteiger partial charge on any atom is 0.114 e. The molecule has 0 saturated carbocycles. The molecule has 0 spiro atoms. The second-order valence-electron chi connectivity index (χ2n) is 6.64. The Labute approximate surface area is 142 Å². The fourth-order valence-corrected chi connectivity index (χ4v) is 3.58. The molecule has 1 aliphatic rings. The Kier molecular flexibility index (Phi) is 4.22. The predicted molar refractivity (Wildman–Crippen MR) is 99.1 cm³/mol. The second kappa shape index (κ2) is 6.65. The molecule has 124 valence electrons. The largest absolute Gasteiger partial charge is 0.399 e. The first-order valence-corrected chi connectivity index (χ1v) is 8.80. The molecule has 0 atom stereocenters. The Morgan fingerprint density at radius 2 is 1.67 bits per heavy atom. The minimum Gasteiger partial charge on any atom is -0.399 e. The van der Waals surface area contributed by atoms with Crippen molar-refractivity contribution in [3.05, 3.63) is 59.9 Å². The normalized spacial score (nSPS) is 15.3. The summed E-state index contributed by atoms with van der Waals surface area (Å²) in [5.74, 6) is 1.14. The lowest BCUT2D eigenvalue weighted by molar-refractivity contribution is 0.322. The molecule has 0 unspecified atom stereocenters. The molecule has 0 bridgehead atoms. The number of nitrogens with two attached hydrogens (primary N) is 1. The summed E-state index contributed by atoms with van der Waals surface area (Å²) in [4.78, 5) is 7.45. The van der Waals surface area contributed by atoms with E-state index in [2.05, 4.69) is 45.9 Å². The number of benzene rings is 2. The lowest BCUT2D eigenvalue weighted by Gasteiger charge is -2.16. The molecule has 1 saturated heterocycles. The maximum absolute atomic E-state index is 5.80. The summed E-state index contributed by atoms with van der Waals surface area (Å²) in [6.45, 7) is 4.58. The average Bonchev–Trinajstić information content (AvgIpc) is 3.22. The van der Waals surface area contributed by atoms with Crippen LogP contribution < -0.4 is 5.73 Å². The Balaban J connectivity index is 1.62. The smallest absolute Gasteiger partial charge is 0.114 e. The first-order valence-electron chi connectivity index (χ1n) is 8.80. The summed E-state index contributed by atoms with van der Waals surface area (Å²) in [5.41, 5.74) is 10.2. The summed E-state index contributed by atoms with van der Waals surface area (Å²) in [5, 5.41) is 0. The van der Waals surface area contributed by atoms with E-state index < -0.39 is 0 Å². The van der Waals surface area contributed by atoms with Crippen molar-refractivity contribution in [2.45, 2.75) is 25.8 Å². The van der Waals surface area contributed by atoms with Crippen LogP contribution >= 0.6 is 0 Å². The molecule has 24 heavy (non-hydrogen) atoms. The highest BCUT2D eigenvalue weighted by Gasteiger charge is 2.15. The van der Waals surface area contributed by atoms with Crippen molar-refractivity contribution < 1.29 is 0 Å². The molecule has 1 fully saturated rings. The topological polar surface area (TPSA) is 47.1 Å². The Morgan fingerprint density at radius 1 is 0.917 bits per heavy atom. The van der Waals surface area contributed by atoms with E-state index >= 15 is 0 Å². The molecule has 4 rings (SSSR count). The van der Waals surface area contributed by atoms with Crippen LogP contribution in [0, 0.1) is 0 Å². The van der Waals surface area contributed by atoms with E-state index in [-0.39, 0.29) is 0 Å². The van der Waals surface area contributed by atoms with Crippen molar-refractivity contribution >= 4 is 16.7 Å². The van der Waals surface area contributed by atoms with Crippen LogP contribution in [0.5, 0.6) is 0 Å². The summed E-state index contributed by atoms with van der Waals surface area (Å²) in [6.07, 6.45) is 3.51. The second-order valence-corrected chi connectivity index (χ2v) is 6.64. The minimum absolute atomic E-state index is 0.807. The van der Waals surface area contributed by atoms with Crippen LogP contribution in [-0.2, 0) is 13.0 Å². The van der Waals surface area contributed by atoms with Crippen molar-refractivity contribution in [2.75, 3.05) is 25.4 Å². The van der Waals surface area contributed by atoms with Crippen LogP contribution in [0.3, 0.4) is 0 Å². The van der Waals surface area contributed by atoms with Gasteiger partial charge in [0, 0.05) is 25.2 Å². The molecule has 4 heteroatoms. The van der Waals surface area contributed by atoms with E-state index in [9.17, 15) is 0 Å². The number of nitrogens with zero attached hydrogens (tertiary/aromatic N) is 3. The molecule has 2 aromatic carbocycles. The van der Waals surface area contributed by atoms with Gasteiger partial charge in [-0.05, 0) is 55.8 Å². The van der Waals surface area contributed by atoms with Gasteiger partial charge in [0.25, 0.3) is 0 Å². The predicted octanol–water partition coefficient (Wildman–Crippen LogP) is 3.31. The van der Waals surface area contributed by atoms with Gasteiger partial charge in [0.2, 0.25) is 0 Å². The Hall–Kier alpha value is -2.33. The molecule has 0 radical (unpaired) electrons. The van der Waals surface area contributed by atoms with Gasteiger partial charge in [-0.1, -0.05) is 24.3 Å². The van der Waals surface area contributed by atoms with Crippen LogP contribution in [0.4, 0.5) is 5.69 Å². The molecule has 2 heterocycles. The zero-order valence-corrected chi connectivity index (χ0v) is 14.0. The number of aromatic nitrogens is 2. The first-order chi connectivity index (χ1) is 11.8. The minimum atomic E-state index is 0.807. The summed E-state index contributed by atoms with van der Waals surface area (Å²) >= 11 is 0. The van der Waals surface area contributed by atoms with Crippen LogP contribution in [-0.4, -0.2) is 34.1 Å². The van der Waals surface area contributed by atoms with E-state index in [0.29, 0.717) is 0 Å². The van der Waals surface area contributed by atoms with Crippen molar-refractivity contribution in [2.24, 2.45) is 0 Å². The highest BCUT2D eigenvalue weighted by atomic mass is 15.2. The number of para-hydroxylation sites is 2. The molecule has 3 aromatic rings. The van der Waals surface area contributed by atoms with Crippen LogP contribution in [0.25, 0.3) is 11.0 Å². The summed E-state index contributed by atoms with van der Waals surface area (Å²) in [7, 11) is 0. The van der Waals surface area contributed by atoms with E-state index in [1.165, 1.54) is 37.0 Å². The summed E-state index contributed by atoms with van der Waals surface area (Å²) < 4.78 is 2.39. The van der Waals surface area contributed by atoms with E-state index in [4.69, 9.17) is 10.7 Å². The van der Waals surface area contributed by atoms with Crippen molar-refractivity contribution in [3.63, 3.8) is 0 Å². The molecule has 2 N–H and O–H groups in total. The number of imidazole rings is 1. The molecule has 1 aromatic heterocycles. The number of likely N-dealkylation sites (tertiary alicyclic amines) is 1.